The smallest absolute Gasteiger partial charge is 0.232 e. The number of rotatable bonds is 9. The molecule has 0 aliphatic heterocycles. The van der Waals surface area contributed by atoms with Crippen LogP contribution in [0.4, 0.5) is 11.4 Å². The van der Waals surface area contributed by atoms with Crippen molar-refractivity contribution in [1.29, 1.82) is 0 Å². The highest BCUT2D eigenvalue weighted by molar-refractivity contribution is 7.92. The first kappa shape index (κ1) is 23.7. The lowest BCUT2D eigenvalue weighted by molar-refractivity contribution is -0.118. The molecule has 1 aliphatic rings. The Labute approximate surface area is 169 Å². The first-order chi connectivity index (χ1) is 12.4. The summed E-state index contributed by atoms with van der Waals surface area (Å²) in [5.41, 5.74) is 7.04. The van der Waals surface area contributed by atoms with Gasteiger partial charge in [-0.05, 0) is 55.5 Å². The van der Waals surface area contributed by atoms with Crippen LogP contribution in [0.2, 0.25) is 0 Å². The van der Waals surface area contributed by atoms with E-state index in [9.17, 15) is 13.2 Å². The minimum Gasteiger partial charge on any atom is -0.330 e. The molecule has 1 amide bonds. The van der Waals surface area contributed by atoms with E-state index in [1.807, 2.05) is 6.92 Å². The van der Waals surface area contributed by atoms with Crippen LogP contribution in [0.25, 0.3) is 0 Å². The number of hydrogen-bond donors (Lipinski definition) is 3. The molecule has 154 valence electrons. The number of unbranched alkanes of at least 4 members (excludes halogenated alkanes) is 1. The third-order valence-corrected chi connectivity index (χ3v) is 6.46. The molecule has 0 aromatic heterocycles. The Morgan fingerprint density at radius 1 is 1.11 bits per heavy atom. The minimum absolute atomic E-state index is 0. The molecular weight excluding hydrogens is 386 g/mol. The Morgan fingerprint density at radius 3 is 2.26 bits per heavy atom. The van der Waals surface area contributed by atoms with Gasteiger partial charge in [-0.25, -0.2) is 8.42 Å². The monoisotopic (exact) mass is 417 g/mol. The summed E-state index contributed by atoms with van der Waals surface area (Å²) in [5.74, 6) is 0.0806. The van der Waals surface area contributed by atoms with Crippen molar-refractivity contribution in [2.75, 3.05) is 22.3 Å². The van der Waals surface area contributed by atoms with Gasteiger partial charge >= 0.3 is 0 Å². The molecule has 0 atom stereocenters. The van der Waals surface area contributed by atoms with Crippen molar-refractivity contribution < 1.29 is 13.2 Å². The van der Waals surface area contributed by atoms with Crippen LogP contribution in [0.1, 0.15) is 58.3 Å². The van der Waals surface area contributed by atoms with Crippen molar-refractivity contribution in [3.63, 3.8) is 0 Å². The van der Waals surface area contributed by atoms with E-state index < -0.39 is 10.0 Å². The van der Waals surface area contributed by atoms with Gasteiger partial charge in [-0.1, -0.05) is 32.6 Å². The maximum atomic E-state index is 12.4. The molecule has 0 saturated heterocycles. The lowest BCUT2D eigenvalue weighted by Crippen LogP contribution is -2.36. The van der Waals surface area contributed by atoms with E-state index in [2.05, 4.69) is 10.0 Å². The Balaban J connectivity index is 0.00000364. The number of carbonyl (C=O) groups is 1. The Morgan fingerprint density at radius 2 is 1.70 bits per heavy atom. The van der Waals surface area contributed by atoms with Crippen LogP contribution in [0.5, 0.6) is 0 Å². The molecule has 2 rings (SSSR count). The van der Waals surface area contributed by atoms with Crippen LogP contribution < -0.4 is 15.8 Å². The standard InChI is InChI=1S/C19H31N3O3S.ClH/c1-2-3-13-26(24,25)22-17-9-7-16(8-10-17)21-18(23)14-19(15-20)11-5-4-6-12-19;/h7-10,22H,2-6,11-15,20H2,1H3,(H,21,23);1H. The number of benzene rings is 1. The van der Waals surface area contributed by atoms with Crippen LogP contribution in [0.3, 0.4) is 0 Å². The topological polar surface area (TPSA) is 101 Å². The molecule has 8 heteroatoms. The predicted molar refractivity (Wildman–Crippen MR) is 114 cm³/mol. The van der Waals surface area contributed by atoms with Crippen molar-refractivity contribution in [2.24, 2.45) is 11.1 Å². The highest BCUT2D eigenvalue weighted by Crippen LogP contribution is 2.38. The molecule has 0 bridgehead atoms. The first-order valence-electron chi connectivity index (χ1n) is 9.48. The average molecular weight is 418 g/mol. The maximum Gasteiger partial charge on any atom is 0.232 e. The predicted octanol–water partition coefficient (Wildman–Crippen LogP) is 3.89. The number of amides is 1. The maximum absolute atomic E-state index is 12.4. The zero-order valence-corrected chi connectivity index (χ0v) is 17.6. The fourth-order valence-corrected chi connectivity index (χ4v) is 4.75. The van der Waals surface area contributed by atoms with Crippen molar-refractivity contribution in [3.05, 3.63) is 24.3 Å². The van der Waals surface area contributed by atoms with Gasteiger partial charge in [0.2, 0.25) is 15.9 Å². The van der Waals surface area contributed by atoms with Gasteiger partial charge in [0.25, 0.3) is 0 Å². The molecule has 0 radical (unpaired) electrons. The molecular formula is C19H32ClN3O3S. The summed E-state index contributed by atoms with van der Waals surface area (Å²) in [6.07, 6.45) is 7.41. The zero-order valence-electron chi connectivity index (χ0n) is 16.0. The second kappa shape index (κ2) is 10.9. The van der Waals surface area contributed by atoms with E-state index in [1.165, 1.54) is 6.42 Å². The van der Waals surface area contributed by atoms with Gasteiger partial charge in [0.1, 0.15) is 0 Å². The highest BCUT2D eigenvalue weighted by atomic mass is 35.5. The van der Waals surface area contributed by atoms with Crippen molar-refractivity contribution in [1.82, 2.24) is 0 Å². The van der Waals surface area contributed by atoms with Gasteiger partial charge in [0, 0.05) is 17.8 Å². The number of nitrogens with two attached hydrogens (primary N) is 1. The second-order valence-electron chi connectivity index (χ2n) is 7.34. The van der Waals surface area contributed by atoms with Crippen LogP contribution >= 0.6 is 12.4 Å². The number of halogens is 1. The van der Waals surface area contributed by atoms with Gasteiger partial charge in [0.05, 0.1) is 5.75 Å². The van der Waals surface area contributed by atoms with E-state index >= 15 is 0 Å². The van der Waals surface area contributed by atoms with Gasteiger partial charge in [-0.3, -0.25) is 9.52 Å². The second-order valence-corrected chi connectivity index (χ2v) is 9.18. The third kappa shape index (κ3) is 7.68. The van der Waals surface area contributed by atoms with Crippen LogP contribution in [0.15, 0.2) is 24.3 Å². The Hall–Kier alpha value is -1.31. The van der Waals surface area contributed by atoms with Gasteiger partial charge < -0.3 is 11.1 Å². The summed E-state index contributed by atoms with van der Waals surface area (Å²) in [6.45, 7) is 2.49. The van der Waals surface area contributed by atoms with Crippen molar-refractivity contribution in [2.45, 2.75) is 58.3 Å². The van der Waals surface area contributed by atoms with Crippen LogP contribution in [-0.4, -0.2) is 26.6 Å². The lowest BCUT2D eigenvalue weighted by Gasteiger charge is -2.35. The van der Waals surface area contributed by atoms with Crippen LogP contribution in [0, 0.1) is 5.41 Å². The zero-order chi connectivity index (χ0) is 19.0. The van der Waals surface area contributed by atoms with E-state index in [0.717, 1.165) is 32.1 Å². The van der Waals surface area contributed by atoms with Gasteiger partial charge in [-0.15, -0.1) is 12.4 Å². The molecule has 0 heterocycles. The SMILES string of the molecule is CCCCS(=O)(=O)Nc1ccc(NC(=O)CC2(CN)CCCCC2)cc1.Cl. The number of nitrogens with one attached hydrogen (secondary N) is 2. The van der Waals surface area contributed by atoms with Crippen molar-refractivity contribution in [3.8, 4) is 0 Å². The molecule has 1 saturated carbocycles. The quantitative estimate of drug-likeness (QED) is 0.567. The summed E-state index contributed by atoms with van der Waals surface area (Å²) in [6, 6.07) is 6.76. The van der Waals surface area contributed by atoms with Gasteiger partial charge in [0.15, 0.2) is 0 Å². The Kier molecular flexibility index (Phi) is 9.56. The average Bonchev–Trinajstić information content (AvgIpc) is 2.62. The molecule has 0 spiro atoms. The fourth-order valence-electron chi connectivity index (χ4n) is 3.49. The number of carbonyl (C=O) groups excluding carboxylic acids is 1. The molecule has 6 nitrogen and oxygen atoms in total. The summed E-state index contributed by atoms with van der Waals surface area (Å²) >= 11 is 0. The number of anilines is 2. The molecule has 1 fully saturated rings. The summed E-state index contributed by atoms with van der Waals surface area (Å²) < 4.78 is 26.4. The van der Waals surface area contributed by atoms with Gasteiger partial charge in [-0.2, -0.15) is 0 Å². The highest BCUT2D eigenvalue weighted by Gasteiger charge is 2.32. The molecule has 1 aromatic rings. The van der Waals surface area contributed by atoms with Crippen molar-refractivity contribution >= 4 is 39.7 Å². The normalized spacial score (nSPS) is 16.2. The largest absolute Gasteiger partial charge is 0.330 e. The lowest BCUT2D eigenvalue weighted by atomic mass is 9.71. The van der Waals surface area contributed by atoms with E-state index in [-0.39, 0.29) is 29.5 Å². The first-order valence-corrected chi connectivity index (χ1v) is 11.1. The third-order valence-electron chi connectivity index (χ3n) is 5.09. The van der Waals surface area contributed by atoms with E-state index in [4.69, 9.17) is 5.73 Å². The number of sulfonamides is 1. The summed E-state index contributed by atoms with van der Waals surface area (Å²) in [7, 11) is -3.31. The minimum atomic E-state index is -3.31. The molecule has 27 heavy (non-hydrogen) atoms. The Bertz CT molecular complexity index is 687. The van der Waals surface area contributed by atoms with Crippen LogP contribution in [-0.2, 0) is 14.8 Å². The van der Waals surface area contributed by atoms with E-state index in [0.29, 0.717) is 30.8 Å². The molecule has 1 aromatic carbocycles. The molecule has 1 aliphatic carbocycles. The number of hydrogen-bond acceptors (Lipinski definition) is 4. The molecule has 0 unspecified atom stereocenters. The summed E-state index contributed by atoms with van der Waals surface area (Å²) in [5, 5.41) is 2.90. The fraction of sp³-hybridized carbons (Fsp3) is 0.632. The summed E-state index contributed by atoms with van der Waals surface area (Å²) in [4.78, 5) is 12.4. The molecule has 4 N–H and O–H groups in total. The van der Waals surface area contributed by atoms with E-state index in [1.54, 1.807) is 24.3 Å².